The van der Waals surface area contributed by atoms with Crippen molar-refractivity contribution in [2.45, 2.75) is 59.8 Å². The Bertz CT molecular complexity index is 151. The van der Waals surface area contributed by atoms with Gasteiger partial charge in [0.1, 0.15) is 0 Å². The molecule has 0 aromatic rings. The zero-order valence-electron chi connectivity index (χ0n) is 10.1. The topological polar surface area (TPSA) is 26.3 Å². The Morgan fingerprint density at radius 2 is 1.64 bits per heavy atom. The molecule has 0 bridgehead atoms. The number of rotatable bonds is 7. The van der Waals surface area contributed by atoms with Gasteiger partial charge in [-0.15, -0.1) is 0 Å². The van der Waals surface area contributed by atoms with Crippen LogP contribution in [-0.2, 0) is 9.53 Å². The van der Waals surface area contributed by atoms with Gasteiger partial charge in [0.05, 0.1) is 6.61 Å². The van der Waals surface area contributed by atoms with E-state index in [1.807, 2.05) is 0 Å². The second-order valence-corrected chi connectivity index (χ2v) is 4.00. The first kappa shape index (κ1) is 13.5. The van der Waals surface area contributed by atoms with Gasteiger partial charge < -0.3 is 4.74 Å². The van der Waals surface area contributed by atoms with Crippen LogP contribution in [0.3, 0.4) is 0 Å². The molecule has 84 valence electrons. The maximum atomic E-state index is 10.6. The summed E-state index contributed by atoms with van der Waals surface area (Å²) in [6, 6.07) is 0. The highest BCUT2D eigenvalue weighted by atomic mass is 16.5. The van der Waals surface area contributed by atoms with Gasteiger partial charge in [-0.1, -0.05) is 40.0 Å². The molecular weight excluding hydrogens is 176 g/mol. The van der Waals surface area contributed by atoms with Crippen LogP contribution in [-0.4, -0.2) is 12.6 Å². The Morgan fingerprint density at radius 3 is 2.00 bits per heavy atom. The fourth-order valence-corrected chi connectivity index (χ4v) is 1.94. The van der Waals surface area contributed by atoms with Crippen molar-refractivity contribution in [3.05, 3.63) is 0 Å². The largest absolute Gasteiger partial charge is 0.466 e. The van der Waals surface area contributed by atoms with Gasteiger partial charge in [-0.05, 0) is 18.3 Å². The second-order valence-electron chi connectivity index (χ2n) is 4.00. The molecular formula is C12H24O2. The smallest absolute Gasteiger partial charge is 0.302 e. The lowest BCUT2D eigenvalue weighted by atomic mass is 9.76. The van der Waals surface area contributed by atoms with Crippen LogP contribution in [0.2, 0.25) is 0 Å². The van der Waals surface area contributed by atoms with E-state index < -0.39 is 0 Å². The van der Waals surface area contributed by atoms with Crippen molar-refractivity contribution >= 4 is 5.97 Å². The number of carbonyl (C=O) groups excluding carboxylic acids is 1. The van der Waals surface area contributed by atoms with E-state index in [0.29, 0.717) is 12.0 Å². The summed E-state index contributed by atoms with van der Waals surface area (Å²) in [6.07, 6.45) is 5.83. The van der Waals surface area contributed by atoms with E-state index >= 15 is 0 Å². The summed E-state index contributed by atoms with van der Waals surface area (Å²) in [6.45, 7) is 8.79. The predicted octanol–water partition coefficient (Wildman–Crippen LogP) is 3.55. The van der Waals surface area contributed by atoms with E-state index in [9.17, 15) is 4.79 Å². The number of hydrogen-bond acceptors (Lipinski definition) is 2. The van der Waals surface area contributed by atoms with E-state index in [0.717, 1.165) is 6.42 Å². The van der Waals surface area contributed by atoms with Crippen LogP contribution in [0.1, 0.15) is 59.8 Å². The number of ether oxygens (including phenoxy) is 1. The summed E-state index contributed by atoms with van der Waals surface area (Å²) in [5.41, 5.74) is 0.472. The average molecular weight is 200 g/mol. The molecule has 0 aliphatic carbocycles. The third-order valence-corrected chi connectivity index (χ3v) is 3.41. The average Bonchev–Trinajstić information content (AvgIpc) is 2.19. The quantitative estimate of drug-likeness (QED) is 0.464. The van der Waals surface area contributed by atoms with Gasteiger partial charge in [-0.25, -0.2) is 0 Å². The van der Waals surface area contributed by atoms with Crippen molar-refractivity contribution in [2.75, 3.05) is 6.61 Å². The molecule has 0 N–H and O–H groups in total. The number of esters is 1. The molecule has 0 atom stereocenters. The Labute approximate surface area is 88.0 Å². The van der Waals surface area contributed by atoms with E-state index in [-0.39, 0.29) is 5.97 Å². The first-order valence-corrected chi connectivity index (χ1v) is 5.73. The Balaban J connectivity index is 3.77. The molecule has 0 aliphatic heterocycles. The molecule has 0 rings (SSSR count). The molecule has 0 spiro atoms. The lowest BCUT2D eigenvalue weighted by Crippen LogP contribution is -2.18. The van der Waals surface area contributed by atoms with Gasteiger partial charge in [-0.2, -0.15) is 0 Å². The minimum Gasteiger partial charge on any atom is -0.466 e. The molecule has 14 heavy (non-hydrogen) atoms. The van der Waals surface area contributed by atoms with Crippen LogP contribution in [0, 0.1) is 5.41 Å². The van der Waals surface area contributed by atoms with E-state index in [1.165, 1.54) is 32.6 Å². The predicted molar refractivity (Wildman–Crippen MR) is 59.2 cm³/mol. The van der Waals surface area contributed by atoms with E-state index in [2.05, 4.69) is 20.8 Å². The van der Waals surface area contributed by atoms with Gasteiger partial charge in [0.2, 0.25) is 0 Å². The fourth-order valence-electron chi connectivity index (χ4n) is 1.94. The standard InChI is InChI=1S/C12H24O2/c1-5-12(6-2,7-3)9-8-10-14-11(4)13/h5-10H2,1-4H3. The van der Waals surface area contributed by atoms with Crippen LogP contribution >= 0.6 is 0 Å². The summed E-state index contributed by atoms with van der Waals surface area (Å²) < 4.78 is 4.93. The van der Waals surface area contributed by atoms with Crippen LogP contribution in [0.4, 0.5) is 0 Å². The molecule has 0 fully saturated rings. The molecule has 2 heteroatoms. The van der Waals surface area contributed by atoms with Crippen molar-refractivity contribution < 1.29 is 9.53 Å². The molecule has 0 aromatic heterocycles. The molecule has 0 saturated heterocycles. The summed E-state index contributed by atoms with van der Waals surface area (Å²) in [5, 5.41) is 0. The summed E-state index contributed by atoms with van der Waals surface area (Å²) in [5.74, 6) is -0.167. The number of carbonyl (C=O) groups is 1. The Kier molecular flexibility index (Phi) is 6.60. The van der Waals surface area contributed by atoms with E-state index in [1.54, 1.807) is 0 Å². The van der Waals surface area contributed by atoms with Gasteiger partial charge >= 0.3 is 5.97 Å². The third kappa shape index (κ3) is 4.64. The minimum absolute atomic E-state index is 0.167. The Morgan fingerprint density at radius 1 is 1.14 bits per heavy atom. The van der Waals surface area contributed by atoms with Crippen molar-refractivity contribution in [1.29, 1.82) is 0 Å². The first-order chi connectivity index (χ1) is 6.60. The summed E-state index contributed by atoms with van der Waals surface area (Å²) >= 11 is 0. The lowest BCUT2D eigenvalue weighted by molar-refractivity contribution is -0.141. The molecule has 0 radical (unpaired) electrons. The van der Waals surface area contributed by atoms with Crippen molar-refractivity contribution in [1.82, 2.24) is 0 Å². The molecule has 2 nitrogen and oxygen atoms in total. The van der Waals surface area contributed by atoms with Gasteiger partial charge in [-0.3, -0.25) is 4.79 Å². The highest BCUT2D eigenvalue weighted by Gasteiger charge is 2.22. The van der Waals surface area contributed by atoms with Gasteiger partial charge in [0.25, 0.3) is 0 Å². The SMILES string of the molecule is CCC(CC)(CC)CCCOC(C)=O. The maximum absolute atomic E-state index is 10.6. The zero-order chi connectivity index (χ0) is 11.0. The number of hydrogen-bond donors (Lipinski definition) is 0. The van der Waals surface area contributed by atoms with Crippen LogP contribution in [0.15, 0.2) is 0 Å². The maximum Gasteiger partial charge on any atom is 0.302 e. The highest BCUT2D eigenvalue weighted by molar-refractivity contribution is 5.65. The molecule has 0 aliphatic rings. The molecule has 0 aromatic carbocycles. The molecule has 0 heterocycles. The van der Waals surface area contributed by atoms with Crippen molar-refractivity contribution in [2.24, 2.45) is 5.41 Å². The third-order valence-electron chi connectivity index (χ3n) is 3.41. The van der Waals surface area contributed by atoms with Crippen LogP contribution < -0.4 is 0 Å². The van der Waals surface area contributed by atoms with Crippen LogP contribution in [0.5, 0.6) is 0 Å². The van der Waals surface area contributed by atoms with Crippen molar-refractivity contribution in [3.63, 3.8) is 0 Å². The molecule has 0 amide bonds. The van der Waals surface area contributed by atoms with Crippen molar-refractivity contribution in [3.8, 4) is 0 Å². The van der Waals surface area contributed by atoms with E-state index in [4.69, 9.17) is 4.74 Å². The minimum atomic E-state index is -0.167. The summed E-state index contributed by atoms with van der Waals surface area (Å²) in [4.78, 5) is 10.6. The fraction of sp³-hybridized carbons (Fsp3) is 0.917. The lowest BCUT2D eigenvalue weighted by Gasteiger charge is -2.30. The summed E-state index contributed by atoms with van der Waals surface area (Å²) in [7, 11) is 0. The zero-order valence-corrected chi connectivity index (χ0v) is 10.1. The first-order valence-electron chi connectivity index (χ1n) is 5.73. The van der Waals surface area contributed by atoms with Gasteiger partial charge in [0, 0.05) is 6.92 Å². The molecule has 0 saturated carbocycles. The van der Waals surface area contributed by atoms with Crippen LogP contribution in [0.25, 0.3) is 0 Å². The monoisotopic (exact) mass is 200 g/mol. The van der Waals surface area contributed by atoms with Gasteiger partial charge in [0.15, 0.2) is 0 Å². The second kappa shape index (κ2) is 6.86. The highest BCUT2D eigenvalue weighted by Crippen LogP contribution is 2.35. The molecule has 0 unspecified atom stereocenters. The normalized spacial score (nSPS) is 11.4. The Hall–Kier alpha value is -0.530.